The Labute approximate surface area is 131 Å². The number of aliphatic imine (C=N–C) groups is 1. The molecule has 0 saturated carbocycles. The van der Waals surface area contributed by atoms with Crippen LogP contribution in [0.4, 0.5) is 5.69 Å². The Morgan fingerprint density at radius 3 is 2.52 bits per heavy atom. The second kappa shape index (κ2) is 5.48. The standard InChI is InChI=1S/C15H11Cl2N3O/c16-9-6-4-8(5-7-9)12-10-2-1-3-11(17)13(10)20-15(21)14(18)19-12/h1-7,14H,18H2,(H,20,21)/t14-/m0/s1. The quantitative estimate of drug-likeness (QED) is 0.848. The third-order valence-electron chi connectivity index (χ3n) is 3.17. The fourth-order valence-corrected chi connectivity index (χ4v) is 2.50. The van der Waals surface area contributed by atoms with E-state index < -0.39 is 12.1 Å². The predicted molar refractivity (Wildman–Crippen MR) is 85.1 cm³/mol. The molecule has 0 unspecified atom stereocenters. The maximum absolute atomic E-state index is 11.9. The zero-order valence-corrected chi connectivity index (χ0v) is 12.3. The molecule has 1 amide bonds. The molecule has 0 saturated heterocycles. The summed E-state index contributed by atoms with van der Waals surface area (Å²) in [5, 5.41) is 3.78. The lowest BCUT2D eigenvalue weighted by Gasteiger charge is -2.11. The van der Waals surface area contributed by atoms with Gasteiger partial charge >= 0.3 is 0 Å². The average molecular weight is 320 g/mol. The summed E-state index contributed by atoms with van der Waals surface area (Å²) >= 11 is 12.1. The van der Waals surface area contributed by atoms with Crippen molar-refractivity contribution in [3.05, 3.63) is 63.6 Å². The van der Waals surface area contributed by atoms with Crippen molar-refractivity contribution < 1.29 is 4.79 Å². The SMILES string of the molecule is N[C@H]1N=C(c2ccc(Cl)cc2)c2cccc(Cl)c2NC1=O. The monoisotopic (exact) mass is 319 g/mol. The minimum Gasteiger partial charge on any atom is -0.321 e. The Balaban J connectivity index is 2.22. The number of nitrogens with two attached hydrogens (primary N) is 1. The van der Waals surface area contributed by atoms with Gasteiger partial charge in [-0.15, -0.1) is 0 Å². The molecule has 1 heterocycles. The molecular formula is C15H11Cl2N3O. The normalized spacial score (nSPS) is 17.6. The minimum atomic E-state index is -0.987. The van der Waals surface area contributed by atoms with Crippen LogP contribution in [0.2, 0.25) is 10.0 Å². The fourth-order valence-electron chi connectivity index (χ4n) is 2.15. The van der Waals surface area contributed by atoms with Crippen molar-refractivity contribution in [3.8, 4) is 0 Å². The fraction of sp³-hybridized carbons (Fsp3) is 0.0667. The summed E-state index contributed by atoms with van der Waals surface area (Å²) in [6.07, 6.45) is -0.987. The molecule has 3 N–H and O–H groups in total. The number of hydrogen-bond donors (Lipinski definition) is 2. The zero-order valence-electron chi connectivity index (χ0n) is 10.8. The van der Waals surface area contributed by atoms with Gasteiger partial charge in [-0.2, -0.15) is 0 Å². The molecule has 0 aromatic heterocycles. The highest BCUT2D eigenvalue weighted by atomic mass is 35.5. The molecule has 2 aromatic rings. The van der Waals surface area contributed by atoms with Crippen molar-refractivity contribution in [3.63, 3.8) is 0 Å². The third-order valence-corrected chi connectivity index (χ3v) is 3.74. The highest BCUT2D eigenvalue weighted by Crippen LogP contribution is 2.30. The van der Waals surface area contributed by atoms with Crippen LogP contribution in [0.3, 0.4) is 0 Å². The summed E-state index contributed by atoms with van der Waals surface area (Å²) in [5.74, 6) is -0.395. The summed E-state index contributed by atoms with van der Waals surface area (Å²) in [6, 6.07) is 12.5. The van der Waals surface area contributed by atoms with Crippen molar-refractivity contribution in [1.82, 2.24) is 0 Å². The molecule has 21 heavy (non-hydrogen) atoms. The largest absolute Gasteiger partial charge is 0.321 e. The molecule has 1 atom stereocenters. The van der Waals surface area contributed by atoms with Gasteiger partial charge in [0.2, 0.25) is 0 Å². The zero-order chi connectivity index (χ0) is 15.0. The lowest BCUT2D eigenvalue weighted by molar-refractivity contribution is -0.117. The first kappa shape index (κ1) is 14.1. The van der Waals surface area contributed by atoms with Crippen LogP contribution in [0, 0.1) is 0 Å². The number of nitrogens with zero attached hydrogens (tertiary/aromatic N) is 1. The first-order valence-corrected chi connectivity index (χ1v) is 7.01. The summed E-state index contributed by atoms with van der Waals surface area (Å²) in [4.78, 5) is 16.3. The van der Waals surface area contributed by atoms with Gasteiger partial charge in [0.25, 0.3) is 5.91 Å². The van der Waals surface area contributed by atoms with Crippen molar-refractivity contribution in [1.29, 1.82) is 0 Å². The van der Waals surface area contributed by atoms with E-state index in [9.17, 15) is 4.79 Å². The van der Waals surface area contributed by atoms with Crippen LogP contribution in [0.1, 0.15) is 11.1 Å². The minimum absolute atomic E-state index is 0.395. The van der Waals surface area contributed by atoms with Gasteiger partial charge in [0.1, 0.15) is 0 Å². The van der Waals surface area contributed by atoms with E-state index in [2.05, 4.69) is 10.3 Å². The average Bonchev–Trinajstić information content (AvgIpc) is 2.59. The molecule has 1 aliphatic rings. The number of carbonyl (C=O) groups excluding carboxylic acids is 1. The maximum atomic E-state index is 11.9. The Hall–Kier alpha value is -1.88. The number of fused-ring (bicyclic) bond motifs is 1. The molecule has 0 aliphatic carbocycles. The number of para-hydroxylation sites is 1. The van der Waals surface area contributed by atoms with E-state index >= 15 is 0 Å². The van der Waals surface area contributed by atoms with E-state index in [1.807, 2.05) is 18.2 Å². The van der Waals surface area contributed by atoms with Crippen LogP contribution < -0.4 is 11.1 Å². The molecule has 0 spiro atoms. The number of hydrogen-bond acceptors (Lipinski definition) is 3. The van der Waals surface area contributed by atoms with Crippen LogP contribution in [0.15, 0.2) is 47.5 Å². The van der Waals surface area contributed by atoms with E-state index in [0.29, 0.717) is 21.4 Å². The molecule has 0 radical (unpaired) electrons. The van der Waals surface area contributed by atoms with Gasteiger partial charge in [0, 0.05) is 16.1 Å². The van der Waals surface area contributed by atoms with E-state index in [1.54, 1.807) is 24.3 Å². The Kier molecular flexibility index (Phi) is 3.68. The third kappa shape index (κ3) is 2.65. The first-order chi connectivity index (χ1) is 10.1. The van der Waals surface area contributed by atoms with E-state index in [0.717, 1.165) is 11.1 Å². The van der Waals surface area contributed by atoms with E-state index in [1.165, 1.54) is 0 Å². The topological polar surface area (TPSA) is 67.5 Å². The van der Waals surface area contributed by atoms with Crippen molar-refractivity contribution in [2.75, 3.05) is 5.32 Å². The van der Waals surface area contributed by atoms with Gasteiger partial charge in [-0.3, -0.25) is 9.79 Å². The highest BCUT2D eigenvalue weighted by molar-refractivity contribution is 6.36. The van der Waals surface area contributed by atoms with Crippen molar-refractivity contribution in [2.24, 2.45) is 10.7 Å². The molecule has 6 heteroatoms. The number of rotatable bonds is 1. The molecule has 106 valence electrons. The molecule has 2 aromatic carbocycles. The van der Waals surface area contributed by atoms with Crippen LogP contribution in [-0.2, 0) is 4.79 Å². The van der Waals surface area contributed by atoms with E-state index in [-0.39, 0.29) is 0 Å². The number of carbonyl (C=O) groups is 1. The summed E-state index contributed by atoms with van der Waals surface area (Å²) < 4.78 is 0. The summed E-state index contributed by atoms with van der Waals surface area (Å²) in [6.45, 7) is 0. The second-order valence-corrected chi connectivity index (χ2v) is 5.42. The van der Waals surface area contributed by atoms with E-state index in [4.69, 9.17) is 28.9 Å². The number of nitrogens with one attached hydrogen (secondary N) is 1. The van der Waals surface area contributed by atoms with Gasteiger partial charge in [0.05, 0.1) is 16.4 Å². The van der Waals surface area contributed by atoms with Crippen LogP contribution in [0.25, 0.3) is 0 Å². The molecule has 0 bridgehead atoms. The lowest BCUT2D eigenvalue weighted by Crippen LogP contribution is -2.33. The first-order valence-electron chi connectivity index (χ1n) is 6.25. The number of amides is 1. The van der Waals surface area contributed by atoms with Crippen LogP contribution >= 0.6 is 23.2 Å². The number of anilines is 1. The molecule has 0 fully saturated rings. The number of benzene rings is 2. The van der Waals surface area contributed by atoms with Crippen LogP contribution in [0.5, 0.6) is 0 Å². The Morgan fingerprint density at radius 1 is 1.10 bits per heavy atom. The molecule has 4 nitrogen and oxygen atoms in total. The van der Waals surface area contributed by atoms with Crippen molar-refractivity contribution >= 4 is 40.5 Å². The second-order valence-electron chi connectivity index (χ2n) is 4.58. The molecular weight excluding hydrogens is 309 g/mol. The highest BCUT2D eigenvalue weighted by Gasteiger charge is 2.24. The van der Waals surface area contributed by atoms with Gasteiger partial charge in [-0.1, -0.05) is 47.5 Å². The lowest BCUT2D eigenvalue weighted by atomic mass is 10.0. The Morgan fingerprint density at radius 2 is 1.81 bits per heavy atom. The smallest absolute Gasteiger partial charge is 0.263 e. The van der Waals surface area contributed by atoms with Crippen molar-refractivity contribution in [2.45, 2.75) is 6.17 Å². The summed E-state index contributed by atoms with van der Waals surface area (Å²) in [5.41, 5.74) is 8.47. The van der Waals surface area contributed by atoms with Crippen LogP contribution in [-0.4, -0.2) is 17.8 Å². The Bertz CT molecular complexity index is 741. The maximum Gasteiger partial charge on any atom is 0.263 e. The van der Waals surface area contributed by atoms with Gasteiger partial charge < -0.3 is 11.1 Å². The van der Waals surface area contributed by atoms with Gasteiger partial charge in [-0.25, -0.2) is 0 Å². The predicted octanol–water partition coefficient (Wildman–Crippen LogP) is 3.07. The summed E-state index contributed by atoms with van der Waals surface area (Å²) in [7, 11) is 0. The molecule has 3 rings (SSSR count). The van der Waals surface area contributed by atoms with Gasteiger partial charge in [0.15, 0.2) is 6.17 Å². The number of benzodiazepines with no additional fused rings is 1. The molecule has 1 aliphatic heterocycles. The van der Waals surface area contributed by atoms with Gasteiger partial charge in [-0.05, 0) is 18.2 Å². The number of halogens is 2.